The number of rotatable bonds is 5. The van der Waals surface area contributed by atoms with Crippen molar-refractivity contribution in [3.63, 3.8) is 0 Å². The minimum atomic E-state index is -0.500. The van der Waals surface area contributed by atoms with Crippen molar-refractivity contribution in [3.05, 3.63) is 35.9 Å². The summed E-state index contributed by atoms with van der Waals surface area (Å²) in [5.74, 6) is 0. The molecule has 0 aromatic heterocycles. The molecule has 5 N–H and O–H groups in total. The monoisotopic (exact) mass is 194 g/mol. The Hall–Kier alpha value is -0.900. The zero-order valence-electron chi connectivity index (χ0n) is 8.26. The molecule has 14 heavy (non-hydrogen) atoms. The van der Waals surface area contributed by atoms with Crippen molar-refractivity contribution < 1.29 is 5.11 Å². The molecule has 0 saturated heterocycles. The molecule has 0 radical (unpaired) electrons. The van der Waals surface area contributed by atoms with Crippen LogP contribution in [0.15, 0.2) is 30.3 Å². The fourth-order valence-electron chi connectivity index (χ4n) is 1.33. The molecule has 0 fully saturated rings. The lowest BCUT2D eigenvalue weighted by Gasteiger charge is -2.16. The second-order valence-corrected chi connectivity index (χ2v) is 3.49. The first-order valence-electron chi connectivity index (χ1n) is 4.91. The third kappa shape index (κ3) is 3.46. The molecule has 3 heteroatoms. The summed E-state index contributed by atoms with van der Waals surface area (Å²) in [6.45, 7) is 0.329. The molecule has 2 atom stereocenters. The molecule has 1 rings (SSSR count). The summed E-state index contributed by atoms with van der Waals surface area (Å²) in [5, 5.41) is 9.57. The van der Waals surface area contributed by atoms with E-state index in [2.05, 4.69) is 0 Å². The first-order chi connectivity index (χ1) is 6.74. The molecule has 1 aromatic carbocycles. The number of aliphatic hydroxyl groups excluding tert-OH is 1. The summed E-state index contributed by atoms with van der Waals surface area (Å²) in [5.41, 5.74) is 12.2. The average Bonchev–Trinajstić information content (AvgIpc) is 2.26. The zero-order valence-corrected chi connectivity index (χ0v) is 8.26. The maximum atomic E-state index is 9.57. The van der Waals surface area contributed by atoms with Gasteiger partial charge in [-0.2, -0.15) is 0 Å². The Labute approximate surface area is 84.7 Å². The largest absolute Gasteiger partial charge is 0.391 e. The smallest absolute Gasteiger partial charge is 0.0706 e. The summed E-state index contributed by atoms with van der Waals surface area (Å²) in [4.78, 5) is 0. The highest BCUT2D eigenvalue weighted by molar-refractivity contribution is 5.14. The van der Waals surface area contributed by atoms with Gasteiger partial charge in [0.1, 0.15) is 0 Å². The second kappa shape index (κ2) is 5.75. The van der Waals surface area contributed by atoms with E-state index in [-0.39, 0.29) is 6.04 Å². The minimum absolute atomic E-state index is 0.307. The van der Waals surface area contributed by atoms with Crippen molar-refractivity contribution >= 4 is 0 Å². The summed E-state index contributed by atoms with van der Waals surface area (Å²) in [6.07, 6.45) is 1.01. The molecular formula is C11H18N2O. The van der Waals surface area contributed by atoms with E-state index in [4.69, 9.17) is 11.5 Å². The molecular weight excluding hydrogens is 176 g/mol. The normalized spacial score (nSPS) is 15.1. The van der Waals surface area contributed by atoms with Gasteiger partial charge in [-0.3, -0.25) is 0 Å². The van der Waals surface area contributed by atoms with Gasteiger partial charge in [-0.1, -0.05) is 30.3 Å². The van der Waals surface area contributed by atoms with Gasteiger partial charge in [-0.15, -0.1) is 0 Å². The Balaban J connectivity index is 2.34. The Morgan fingerprint density at radius 3 is 2.43 bits per heavy atom. The molecule has 0 aliphatic carbocycles. The number of aliphatic hydroxyl groups is 1. The lowest BCUT2D eigenvalue weighted by atomic mass is 10.0. The standard InChI is InChI=1S/C11H18N2O/c12-8-10(13)11(14)7-6-9-4-2-1-3-5-9/h1-5,10-11,14H,6-8,12-13H2. The van der Waals surface area contributed by atoms with Crippen molar-refractivity contribution in [2.24, 2.45) is 11.5 Å². The number of benzene rings is 1. The van der Waals surface area contributed by atoms with Gasteiger partial charge in [0, 0.05) is 12.6 Å². The van der Waals surface area contributed by atoms with Crippen LogP contribution in [0.2, 0.25) is 0 Å². The highest BCUT2D eigenvalue weighted by Crippen LogP contribution is 2.06. The van der Waals surface area contributed by atoms with Gasteiger partial charge in [-0.25, -0.2) is 0 Å². The molecule has 0 aliphatic heterocycles. The van der Waals surface area contributed by atoms with Gasteiger partial charge in [-0.05, 0) is 18.4 Å². The number of aryl methyl sites for hydroxylation is 1. The predicted molar refractivity (Wildman–Crippen MR) is 57.8 cm³/mol. The van der Waals surface area contributed by atoms with Crippen LogP contribution >= 0.6 is 0 Å². The van der Waals surface area contributed by atoms with Crippen LogP contribution in [0.1, 0.15) is 12.0 Å². The highest BCUT2D eigenvalue weighted by Gasteiger charge is 2.12. The van der Waals surface area contributed by atoms with Crippen LogP contribution in [0.25, 0.3) is 0 Å². The lowest BCUT2D eigenvalue weighted by Crippen LogP contribution is -2.41. The third-order valence-corrected chi connectivity index (χ3v) is 2.34. The van der Waals surface area contributed by atoms with E-state index >= 15 is 0 Å². The molecule has 0 aliphatic rings. The quantitative estimate of drug-likeness (QED) is 0.630. The van der Waals surface area contributed by atoms with E-state index in [1.54, 1.807) is 0 Å². The van der Waals surface area contributed by atoms with Crippen molar-refractivity contribution in [3.8, 4) is 0 Å². The van der Waals surface area contributed by atoms with Gasteiger partial charge in [0.25, 0.3) is 0 Å². The van der Waals surface area contributed by atoms with Gasteiger partial charge in [0.2, 0.25) is 0 Å². The van der Waals surface area contributed by atoms with E-state index in [1.165, 1.54) is 5.56 Å². The summed E-state index contributed by atoms with van der Waals surface area (Å²) >= 11 is 0. The molecule has 78 valence electrons. The second-order valence-electron chi connectivity index (χ2n) is 3.49. The Kier molecular flexibility index (Phi) is 4.59. The lowest BCUT2D eigenvalue weighted by molar-refractivity contribution is 0.138. The van der Waals surface area contributed by atoms with Crippen LogP contribution in [-0.4, -0.2) is 23.8 Å². The topological polar surface area (TPSA) is 72.3 Å². The Morgan fingerprint density at radius 1 is 1.21 bits per heavy atom. The maximum absolute atomic E-state index is 9.57. The fourth-order valence-corrected chi connectivity index (χ4v) is 1.33. The van der Waals surface area contributed by atoms with E-state index in [9.17, 15) is 5.11 Å². The van der Waals surface area contributed by atoms with Crippen LogP contribution in [0.3, 0.4) is 0 Å². The Bertz CT molecular complexity index is 251. The van der Waals surface area contributed by atoms with Crippen molar-refractivity contribution in [1.82, 2.24) is 0 Å². The highest BCUT2D eigenvalue weighted by atomic mass is 16.3. The minimum Gasteiger partial charge on any atom is -0.391 e. The SMILES string of the molecule is NCC(N)C(O)CCc1ccccc1. The van der Waals surface area contributed by atoms with Crippen LogP contribution < -0.4 is 11.5 Å². The van der Waals surface area contributed by atoms with Gasteiger partial charge >= 0.3 is 0 Å². The maximum Gasteiger partial charge on any atom is 0.0706 e. The van der Waals surface area contributed by atoms with Crippen molar-refractivity contribution in [1.29, 1.82) is 0 Å². The molecule has 2 unspecified atom stereocenters. The summed E-state index contributed by atoms with van der Waals surface area (Å²) < 4.78 is 0. The van der Waals surface area contributed by atoms with E-state index in [0.717, 1.165) is 6.42 Å². The molecule has 1 aromatic rings. The molecule has 0 amide bonds. The van der Waals surface area contributed by atoms with E-state index < -0.39 is 6.10 Å². The third-order valence-electron chi connectivity index (χ3n) is 2.34. The first kappa shape index (κ1) is 11.2. The molecule has 3 nitrogen and oxygen atoms in total. The molecule has 0 bridgehead atoms. The van der Waals surface area contributed by atoms with Gasteiger partial charge in [0.15, 0.2) is 0 Å². The van der Waals surface area contributed by atoms with Crippen LogP contribution in [-0.2, 0) is 6.42 Å². The number of hydrogen-bond donors (Lipinski definition) is 3. The molecule has 0 saturated carbocycles. The fraction of sp³-hybridized carbons (Fsp3) is 0.455. The van der Waals surface area contributed by atoms with Crippen LogP contribution in [0.5, 0.6) is 0 Å². The Morgan fingerprint density at radius 2 is 1.86 bits per heavy atom. The van der Waals surface area contributed by atoms with E-state index in [1.807, 2.05) is 30.3 Å². The van der Waals surface area contributed by atoms with Gasteiger partial charge < -0.3 is 16.6 Å². The first-order valence-corrected chi connectivity index (χ1v) is 4.91. The van der Waals surface area contributed by atoms with Crippen molar-refractivity contribution in [2.45, 2.75) is 25.0 Å². The average molecular weight is 194 g/mol. The number of nitrogens with two attached hydrogens (primary N) is 2. The van der Waals surface area contributed by atoms with Gasteiger partial charge in [0.05, 0.1) is 6.10 Å². The predicted octanol–water partition coefficient (Wildman–Crippen LogP) is 0.266. The summed E-state index contributed by atoms with van der Waals surface area (Å²) in [7, 11) is 0. The molecule has 0 spiro atoms. The van der Waals surface area contributed by atoms with Crippen LogP contribution in [0.4, 0.5) is 0 Å². The summed E-state index contributed by atoms with van der Waals surface area (Å²) in [6, 6.07) is 9.74. The zero-order chi connectivity index (χ0) is 10.4. The van der Waals surface area contributed by atoms with Crippen molar-refractivity contribution in [2.75, 3.05) is 6.54 Å². The molecule has 0 heterocycles. The number of hydrogen-bond acceptors (Lipinski definition) is 3. The van der Waals surface area contributed by atoms with Crippen LogP contribution in [0, 0.1) is 0 Å². The van der Waals surface area contributed by atoms with E-state index in [0.29, 0.717) is 13.0 Å².